The van der Waals surface area contributed by atoms with Crippen LogP contribution in [0.1, 0.15) is 34.7 Å². The average molecular weight is 572 g/mol. The molecule has 1 fully saturated rings. The van der Waals surface area contributed by atoms with Gasteiger partial charge < -0.3 is 34.3 Å². The van der Waals surface area contributed by atoms with Crippen molar-refractivity contribution in [3.63, 3.8) is 0 Å². The van der Waals surface area contributed by atoms with Gasteiger partial charge in [0, 0.05) is 36.1 Å². The maximum Gasteiger partial charge on any atom is 0.250 e. The summed E-state index contributed by atoms with van der Waals surface area (Å²) in [6, 6.07) is 21.3. The Morgan fingerprint density at radius 3 is 2.41 bits per heavy atom. The molecular weight excluding hydrogens is 538 g/mol. The van der Waals surface area contributed by atoms with Crippen LogP contribution in [0.5, 0.6) is 11.5 Å². The largest absolute Gasteiger partial charge is 0.497 e. The lowest BCUT2D eigenvalue weighted by molar-refractivity contribution is -0.119. The van der Waals surface area contributed by atoms with E-state index in [0.717, 1.165) is 39.8 Å². The minimum absolute atomic E-state index is 0.0706. The summed E-state index contributed by atoms with van der Waals surface area (Å²) in [7, 11) is 4.71. The van der Waals surface area contributed by atoms with E-state index >= 15 is 0 Å². The molecule has 10 heteroatoms. The summed E-state index contributed by atoms with van der Waals surface area (Å²) in [6.07, 6.45) is 1.79. The average Bonchev–Trinajstić information content (AvgIpc) is 3.48. The van der Waals surface area contributed by atoms with E-state index in [1.807, 2.05) is 60.7 Å². The van der Waals surface area contributed by atoms with E-state index in [4.69, 9.17) is 26.4 Å². The van der Waals surface area contributed by atoms with Crippen LogP contribution in [-0.2, 0) is 9.53 Å². The van der Waals surface area contributed by atoms with Gasteiger partial charge in [0.2, 0.25) is 5.91 Å². The predicted molar refractivity (Wildman–Crippen MR) is 163 cm³/mol. The van der Waals surface area contributed by atoms with Crippen LogP contribution in [0.3, 0.4) is 0 Å². The van der Waals surface area contributed by atoms with Gasteiger partial charge >= 0.3 is 0 Å². The first-order valence-electron chi connectivity index (χ1n) is 13.2. The highest BCUT2D eigenvalue weighted by atomic mass is 32.1. The normalized spacial score (nSPS) is 16.4. The van der Waals surface area contributed by atoms with Gasteiger partial charge in [0.25, 0.3) is 0 Å². The van der Waals surface area contributed by atoms with E-state index in [1.165, 1.54) is 7.11 Å². The second-order valence-corrected chi connectivity index (χ2v) is 10.1. The molecule has 2 atom stereocenters. The zero-order valence-electron chi connectivity index (χ0n) is 23.7. The number of aryl methyl sites for hydroxylation is 1. The number of carbonyl (C=O) groups excluding carboxylic acids is 1. The quantitative estimate of drug-likeness (QED) is 0.263. The van der Waals surface area contributed by atoms with E-state index in [0.29, 0.717) is 16.5 Å². The Bertz CT molecular complexity index is 1550. The monoisotopic (exact) mass is 571 g/mol. The van der Waals surface area contributed by atoms with Gasteiger partial charge in [0.1, 0.15) is 18.1 Å². The summed E-state index contributed by atoms with van der Waals surface area (Å²) >= 11 is 5.94. The summed E-state index contributed by atoms with van der Waals surface area (Å²) in [5.74, 6) is 1.05. The number of ether oxygens (including phenoxy) is 3. The molecular formula is C31H33N5O4S. The molecule has 1 aliphatic heterocycles. The Morgan fingerprint density at radius 1 is 1.00 bits per heavy atom. The molecule has 41 heavy (non-hydrogen) atoms. The fraction of sp³-hybridized carbons (Fsp3) is 0.258. The van der Waals surface area contributed by atoms with Crippen molar-refractivity contribution in [2.24, 2.45) is 0 Å². The Labute approximate surface area is 245 Å². The number of nitrogens with one attached hydrogen (secondary N) is 2. The lowest BCUT2D eigenvalue weighted by Gasteiger charge is -2.29. The minimum atomic E-state index is -0.281. The summed E-state index contributed by atoms with van der Waals surface area (Å²) in [5.41, 5.74) is 6.50. The number of benzene rings is 2. The highest BCUT2D eigenvalue weighted by Crippen LogP contribution is 2.45. The summed E-state index contributed by atoms with van der Waals surface area (Å²) in [6.45, 7) is 4.14. The molecule has 1 aliphatic rings. The smallest absolute Gasteiger partial charge is 0.250 e. The zero-order valence-corrected chi connectivity index (χ0v) is 24.5. The van der Waals surface area contributed by atoms with Crippen molar-refractivity contribution in [1.29, 1.82) is 0 Å². The Morgan fingerprint density at radius 2 is 1.76 bits per heavy atom. The highest BCUT2D eigenvalue weighted by Gasteiger charge is 2.42. The van der Waals surface area contributed by atoms with E-state index < -0.39 is 0 Å². The maximum atomic E-state index is 12.4. The first-order chi connectivity index (χ1) is 19.9. The second-order valence-electron chi connectivity index (χ2n) is 9.72. The van der Waals surface area contributed by atoms with Crippen molar-refractivity contribution >= 4 is 34.6 Å². The highest BCUT2D eigenvalue weighted by molar-refractivity contribution is 7.80. The molecule has 4 aromatic rings. The van der Waals surface area contributed by atoms with Gasteiger partial charge in [-0.2, -0.15) is 0 Å². The Kier molecular flexibility index (Phi) is 8.23. The first-order valence-corrected chi connectivity index (χ1v) is 13.6. The summed E-state index contributed by atoms with van der Waals surface area (Å²) in [5, 5.41) is 6.96. The minimum Gasteiger partial charge on any atom is -0.497 e. The summed E-state index contributed by atoms with van der Waals surface area (Å²) < 4.78 is 18.1. The van der Waals surface area contributed by atoms with Crippen molar-refractivity contribution in [3.8, 4) is 17.2 Å². The fourth-order valence-corrected chi connectivity index (χ4v) is 5.77. The van der Waals surface area contributed by atoms with Crippen LogP contribution in [0, 0.1) is 13.8 Å². The van der Waals surface area contributed by atoms with Crippen LogP contribution < -0.4 is 25.0 Å². The van der Waals surface area contributed by atoms with Gasteiger partial charge in [-0.25, -0.2) is 0 Å². The number of nitrogens with zero attached hydrogens (tertiary/aromatic N) is 3. The van der Waals surface area contributed by atoms with Gasteiger partial charge in [-0.3, -0.25) is 9.78 Å². The van der Waals surface area contributed by atoms with E-state index in [9.17, 15) is 4.79 Å². The predicted octanol–water partition coefficient (Wildman–Crippen LogP) is 5.27. The van der Waals surface area contributed by atoms with Crippen molar-refractivity contribution in [2.45, 2.75) is 25.9 Å². The number of amides is 1. The zero-order chi connectivity index (χ0) is 29.1. The maximum absolute atomic E-state index is 12.4. The number of rotatable bonds is 9. The lowest BCUT2D eigenvalue weighted by atomic mass is 9.96. The molecule has 9 nitrogen and oxygen atoms in total. The molecule has 0 spiro atoms. The summed E-state index contributed by atoms with van der Waals surface area (Å²) in [4.78, 5) is 19.2. The third kappa shape index (κ3) is 5.48. The van der Waals surface area contributed by atoms with Gasteiger partial charge in [0.05, 0.1) is 37.7 Å². The molecule has 0 unspecified atom stereocenters. The number of hydrogen-bond donors (Lipinski definition) is 2. The molecule has 2 aromatic heterocycles. The fourth-order valence-electron chi connectivity index (χ4n) is 5.43. The molecule has 3 heterocycles. The van der Waals surface area contributed by atoms with Crippen LogP contribution in [0.4, 0.5) is 11.4 Å². The molecule has 1 saturated heterocycles. The molecule has 212 valence electrons. The molecule has 2 aromatic carbocycles. The molecule has 0 radical (unpaired) electrons. The molecule has 0 aliphatic carbocycles. The Balaban J connectivity index is 1.63. The van der Waals surface area contributed by atoms with Crippen molar-refractivity contribution in [2.75, 3.05) is 38.2 Å². The van der Waals surface area contributed by atoms with Gasteiger partial charge in [-0.05, 0) is 92.3 Å². The second kappa shape index (κ2) is 12.0. The molecule has 2 N–H and O–H groups in total. The number of aromatic nitrogens is 2. The third-order valence-corrected chi connectivity index (χ3v) is 7.54. The topological polar surface area (TPSA) is 89.9 Å². The van der Waals surface area contributed by atoms with E-state index in [2.05, 4.69) is 45.0 Å². The molecule has 1 amide bonds. The number of methoxy groups -OCH3 is 3. The number of hydrogen-bond acceptors (Lipinski definition) is 6. The SMILES string of the molecule is COCC(=O)Nc1cc(N2C(=S)N[C@H](c3ccccn3)[C@H]2c2cc(C)n(-c3ccc(OC)cc3)c2C)ccc1OC. The van der Waals surface area contributed by atoms with E-state index in [1.54, 1.807) is 20.4 Å². The van der Waals surface area contributed by atoms with Crippen molar-refractivity contribution in [3.05, 3.63) is 95.6 Å². The number of anilines is 2. The third-order valence-electron chi connectivity index (χ3n) is 7.23. The van der Waals surface area contributed by atoms with E-state index in [-0.39, 0.29) is 24.6 Å². The van der Waals surface area contributed by atoms with Crippen molar-refractivity contribution in [1.82, 2.24) is 14.9 Å². The van der Waals surface area contributed by atoms with Crippen LogP contribution >= 0.6 is 12.2 Å². The number of carbonyl (C=O) groups is 1. The van der Waals surface area contributed by atoms with Gasteiger partial charge in [-0.15, -0.1) is 0 Å². The van der Waals surface area contributed by atoms with Crippen LogP contribution in [0.2, 0.25) is 0 Å². The van der Waals surface area contributed by atoms with Gasteiger partial charge in [0.15, 0.2) is 5.11 Å². The van der Waals surface area contributed by atoms with Gasteiger partial charge in [-0.1, -0.05) is 6.07 Å². The number of thiocarbonyl (C=S) groups is 1. The van der Waals surface area contributed by atoms with Crippen LogP contribution in [0.25, 0.3) is 5.69 Å². The van der Waals surface area contributed by atoms with Crippen LogP contribution in [0.15, 0.2) is 72.9 Å². The molecule has 0 bridgehead atoms. The molecule has 5 rings (SSSR count). The number of pyridine rings is 1. The van der Waals surface area contributed by atoms with Crippen molar-refractivity contribution < 1.29 is 19.0 Å². The molecule has 0 saturated carbocycles. The standard InChI is InChI=1S/C31H33N5O4S/c1-19-16-24(20(2)35(19)21-9-12-23(39-4)13-10-21)30-29(25-8-6-7-15-32-25)34-31(41)36(30)22-11-14-27(40-5)26(17-22)33-28(37)18-38-3/h6-17,29-30H,18H2,1-5H3,(H,33,37)(H,34,41)/t29-,30-/m1/s1. The first kappa shape index (κ1) is 28.1. The Hall–Kier alpha value is -4.41. The van der Waals surface area contributed by atoms with Crippen LogP contribution in [-0.4, -0.2) is 48.5 Å². The lowest BCUT2D eigenvalue weighted by Crippen LogP contribution is -2.29.